The fourth-order valence-electron chi connectivity index (χ4n) is 2.07. The third-order valence-electron chi connectivity index (χ3n) is 3.51. The molecule has 0 aliphatic rings. The topological polar surface area (TPSA) is 71.1 Å². The zero-order chi connectivity index (χ0) is 18.2. The number of ether oxygens (including phenoxy) is 4. The summed E-state index contributed by atoms with van der Waals surface area (Å²) in [5.41, 5.74) is 1.43. The number of carbonyl (C=O) groups excluding carboxylic acids is 2. The van der Waals surface area contributed by atoms with Gasteiger partial charge < -0.3 is 18.9 Å². The first-order valence-electron chi connectivity index (χ1n) is 7.76. The Hall–Kier alpha value is -3.02. The molecule has 0 unspecified atom stereocenters. The Kier molecular flexibility index (Phi) is 6.39. The lowest BCUT2D eigenvalue weighted by Crippen LogP contribution is -2.14. The van der Waals surface area contributed by atoms with Crippen LogP contribution in [0.2, 0.25) is 0 Å². The number of esters is 2. The molecule has 6 heteroatoms. The number of hydrogen-bond acceptors (Lipinski definition) is 6. The summed E-state index contributed by atoms with van der Waals surface area (Å²) in [5.74, 6) is 0.0346. The predicted octanol–water partition coefficient (Wildman–Crippen LogP) is 3.03. The molecule has 0 bridgehead atoms. The van der Waals surface area contributed by atoms with E-state index >= 15 is 0 Å². The number of methoxy groups -OCH3 is 2. The molecule has 0 saturated heterocycles. The largest absolute Gasteiger partial charge is 0.493 e. The van der Waals surface area contributed by atoms with Gasteiger partial charge in [-0.1, -0.05) is 19.1 Å². The summed E-state index contributed by atoms with van der Waals surface area (Å²) < 4.78 is 20.4. The Morgan fingerprint density at radius 1 is 0.960 bits per heavy atom. The minimum absolute atomic E-state index is 0.253. The lowest BCUT2D eigenvalue weighted by Gasteiger charge is -2.11. The SMILES string of the molecule is CCc1ccc(OC(=O)c2ccc(OC)c(OCC(=O)OC)c2)cc1. The van der Waals surface area contributed by atoms with Crippen molar-refractivity contribution < 1.29 is 28.5 Å². The second-order valence-corrected chi connectivity index (χ2v) is 5.12. The number of aryl methyl sites for hydroxylation is 1. The van der Waals surface area contributed by atoms with E-state index in [0.29, 0.717) is 11.5 Å². The second-order valence-electron chi connectivity index (χ2n) is 5.12. The van der Waals surface area contributed by atoms with E-state index in [1.54, 1.807) is 24.3 Å². The van der Waals surface area contributed by atoms with E-state index in [1.807, 2.05) is 19.1 Å². The third kappa shape index (κ3) is 4.97. The van der Waals surface area contributed by atoms with Gasteiger partial charge in [0, 0.05) is 0 Å². The van der Waals surface area contributed by atoms with Crippen molar-refractivity contribution in [3.8, 4) is 17.2 Å². The van der Waals surface area contributed by atoms with Crippen LogP contribution in [0.25, 0.3) is 0 Å². The molecule has 0 atom stereocenters. The third-order valence-corrected chi connectivity index (χ3v) is 3.51. The van der Waals surface area contributed by atoms with Gasteiger partial charge in [0.05, 0.1) is 19.8 Å². The normalized spacial score (nSPS) is 10.0. The van der Waals surface area contributed by atoms with Gasteiger partial charge in [-0.25, -0.2) is 9.59 Å². The summed E-state index contributed by atoms with van der Waals surface area (Å²) >= 11 is 0. The van der Waals surface area contributed by atoms with Crippen LogP contribution in [0.5, 0.6) is 17.2 Å². The second kappa shape index (κ2) is 8.73. The van der Waals surface area contributed by atoms with Crippen LogP contribution in [0.4, 0.5) is 0 Å². The molecule has 0 spiro atoms. The van der Waals surface area contributed by atoms with Crippen molar-refractivity contribution in [3.63, 3.8) is 0 Å². The smallest absolute Gasteiger partial charge is 0.343 e. The average Bonchev–Trinajstić information content (AvgIpc) is 2.66. The van der Waals surface area contributed by atoms with Crippen molar-refractivity contribution in [1.29, 1.82) is 0 Å². The standard InChI is InChI=1S/C19H20O6/c1-4-13-5-8-15(9-6-13)25-19(21)14-7-10-16(22-2)17(11-14)24-12-18(20)23-3/h5-11H,4,12H2,1-3H3. The molecular formula is C19H20O6. The van der Waals surface area contributed by atoms with Crippen molar-refractivity contribution in [2.45, 2.75) is 13.3 Å². The van der Waals surface area contributed by atoms with E-state index in [4.69, 9.17) is 14.2 Å². The molecule has 0 heterocycles. The van der Waals surface area contributed by atoms with Crippen molar-refractivity contribution in [2.24, 2.45) is 0 Å². The number of carbonyl (C=O) groups is 2. The highest BCUT2D eigenvalue weighted by molar-refractivity contribution is 5.91. The van der Waals surface area contributed by atoms with Crippen molar-refractivity contribution in [1.82, 2.24) is 0 Å². The molecular weight excluding hydrogens is 324 g/mol. The molecule has 0 radical (unpaired) electrons. The van der Waals surface area contributed by atoms with Gasteiger partial charge in [0.1, 0.15) is 5.75 Å². The molecule has 132 valence electrons. The molecule has 0 aliphatic heterocycles. The molecule has 0 N–H and O–H groups in total. The Morgan fingerprint density at radius 3 is 2.28 bits per heavy atom. The summed E-state index contributed by atoms with van der Waals surface area (Å²) in [5, 5.41) is 0. The van der Waals surface area contributed by atoms with Crippen LogP contribution in [0.15, 0.2) is 42.5 Å². The van der Waals surface area contributed by atoms with Crippen LogP contribution in [0.3, 0.4) is 0 Å². The number of hydrogen-bond donors (Lipinski definition) is 0. The van der Waals surface area contributed by atoms with E-state index in [0.717, 1.165) is 12.0 Å². The van der Waals surface area contributed by atoms with Crippen molar-refractivity contribution >= 4 is 11.9 Å². The van der Waals surface area contributed by atoms with E-state index < -0.39 is 11.9 Å². The van der Waals surface area contributed by atoms with E-state index in [1.165, 1.54) is 20.3 Å². The predicted molar refractivity (Wildman–Crippen MR) is 91.3 cm³/mol. The maximum absolute atomic E-state index is 12.3. The van der Waals surface area contributed by atoms with Crippen LogP contribution in [0, 0.1) is 0 Å². The van der Waals surface area contributed by atoms with Gasteiger partial charge in [0.25, 0.3) is 0 Å². The van der Waals surface area contributed by atoms with Crippen LogP contribution in [0.1, 0.15) is 22.8 Å². The van der Waals surface area contributed by atoms with E-state index in [2.05, 4.69) is 4.74 Å². The quantitative estimate of drug-likeness (QED) is 0.568. The first kappa shape index (κ1) is 18.3. The van der Waals surface area contributed by atoms with Gasteiger partial charge in [-0.2, -0.15) is 0 Å². The van der Waals surface area contributed by atoms with Crippen LogP contribution in [-0.2, 0) is 16.0 Å². The summed E-state index contributed by atoms with van der Waals surface area (Å²) in [6.07, 6.45) is 0.910. The molecule has 2 aromatic carbocycles. The summed E-state index contributed by atoms with van der Waals surface area (Å²) in [7, 11) is 2.73. The Morgan fingerprint density at radius 2 is 1.68 bits per heavy atom. The lowest BCUT2D eigenvalue weighted by atomic mass is 10.1. The summed E-state index contributed by atoms with van der Waals surface area (Å²) in [4.78, 5) is 23.5. The molecule has 2 rings (SSSR count). The number of benzene rings is 2. The molecule has 0 saturated carbocycles. The minimum Gasteiger partial charge on any atom is -0.493 e. The first-order chi connectivity index (χ1) is 12.1. The van der Waals surface area contributed by atoms with Crippen LogP contribution < -0.4 is 14.2 Å². The highest BCUT2D eigenvalue weighted by Gasteiger charge is 2.14. The Labute approximate surface area is 146 Å². The fourth-order valence-corrected chi connectivity index (χ4v) is 2.07. The Balaban J connectivity index is 2.13. The van der Waals surface area contributed by atoms with Crippen molar-refractivity contribution in [2.75, 3.05) is 20.8 Å². The molecule has 0 aliphatic carbocycles. The maximum atomic E-state index is 12.3. The Bertz CT molecular complexity index is 736. The monoisotopic (exact) mass is 344 g/mol. The number of rotatable bonds is 7. The highest BCUT2D eigenvalue weighted by Crippen LogP contribution is 2.28. The van der Waals surface area contributed by atoms with E-state index in [9.17, 15) is 9.59 Å². The van der Waals surface area contributed by atoms with Gasteiger partial charge in [0.15, 0.2) is 18.1 Å². The lowest BCUT2D eigenvalue weighted by molar-refractivity contribution is -0.142. The summed E-state index contributed by atoms with van der Waals surface area (Å²) in [6, 6.07) is 11.9. The van der Waals surface area contributed by atoms with Gasteiger partial charge >= 0.3 is 11.9 Å². The average molecular weight is 344 g/mol. The van der Waals surface area contributed by atoms with Crippen molar-refractivity contribution in [3.05, 3.63) is 53.6 Å². The maximum Gasteiger partial charge on any atom is 0.343 e. The molecule has 2 aromatic rings. The van der Waals surface area contributed by atoms with Gasteiger partial charge in [-0.3, -0.25) is 0 Å². The molecule has 25 heavy (non-hydrogen) atoms. The van der Waals surface area contributed by atoms with Gasteiger partial charge in [-0.15, -0.1) is 0 Å². The van der Waals surface area contributed by atoms with Crippen LogP contribution in [-0.4, -0.2) is 32.8 Å². The molecule has 6 nitrogen and oxygen atoms in total. The first-order valence-corrected chi connectivity index (χ1v) is 7.76. The molecule has 0 fully saturated rings. The molecule has 0 amide bonds. The van der Waals surface area contributed by atoms with Gasteiger partial charge in [0.2, 0.25) is 0 Å². The fraction of sp³-hybridized carbons (Fsp3) is 0.263. The molecule has 0 aromatic heterocycles. The minimum atomic E-state index is -0.536. The zero-order valence-corrected chi connectivity index (χ0v) is 14.4. The van der Waals surface area contributed by atoms with Crippen LogP contribution >= 0.6 is 0 Å². The zero-order valence-electron chi connectivity index (χ0n) is 14.4. The summed E-state index contributed by atoms with van der Waals surface area (Å²) in [6.45, 7) is 1.76. The van der Waals surface area contributed by atoms with Gasteiger partial charge in [-0.05, 0) is 42.3 Å². The van der Waals surface area contributed by atoms with E-state index in [-0.39, 0.29) is 17.9 Å². The highest BCUT2D eigenvalue weighted by atomic mass is 16.6.